The summed E-state index contributed by atoms with van der Waals surface area (Å²) in [5.41, 5.74) is 2.53. The van der Waals surface area contributed by atoms with Crippen LogP contribution in [0.2, 0.25) is 5.02 Å². The Hall–Kier alpha value is -2.93. The highest BCUT2D eigenvalue weighted by Gasteiger charge is 2.18. The Morgan fingerprint density at radius 3 is 2.34 bits per heavy atom. The number of amides is 2. The Morgan fingerprint density at radius 1 is 1.10 bits per heavy atom. The third kappa shape index (κ3) is 6.29. The Labute approximate surface area is 173 Å². The molecule has 0 bridgehead atoms. The molecule has 0 aromatic heterocycles. The van der Waals surface area contributed by atoms with Gasteiger partial charge in [0.2, 0.25) is 5.91 Å². The number of para-hydroxylation sites is 1. The van der Waals surface area contributed by atoms with Crippen LogP contribution in [0.15, 0.2) is 36.4 Å². The maximum Gasteiger partial charge on any atom is 0.310 e. The average molecular weight is 421 g/mol. The number of carbonyl (C=O) groups is 3. The topological polar surface area (TPSA) is 75.7 Å². The van der Waals surface area contributed by atoms with Gasteiger partial charge in [-0.15, -0.1) is 0 Å². The highest BCUT2D eigenvalue weighted by Crippen LogP contribution is 2.20. The molecule has 0 radical (unpaired) electrons. The van der Waals surface area contributed by atoms with Gasteiger partial charge in [0, 0.05) is 23.3 Å². The summed E-state index contributed by atoms with van der Waals surface area (Å²) in [6, 6.07) is 9.70. The van der Waals surface area contributed by atoms with Crippen LogP contribution in [0.5, 0.6) is 0 Å². The van der Waals surface area contributed by atoms with E-state index in [2.05, 4.69) is 5.32 Å². The van der Waals surface area contributed by atoms with Crippen LogP contribution in [0.25, 0.3) is 0 Å². The summed E-state index contributed by atoms with van der Waals surface area (Å²) in [5.74, 6) is -2.35. The zero-order valence-corrected chi connectivity index (χ0v) is 17.2. The summed E-state index contributed by atoms with van der Waals surface area (Å²) in [4.78, 5) is 37.4. The summed E-state index contributed by atoms with van der Waals surface area (Å²) < 4.78 is 18.6. The molecule has 0 fully saturated rings. The number of esters is 1. The Kier molecular flexibility index (Phi) is 7.73. The molecule has 0 saturated carbocycles. The largest absolute Gasteiger partial charge is 0.455 e. The van der Waals surface area contributed by atoms with Crippen molar-refractivity contribution in [3.05, 3.63) is 63.9 Å². The van der Waals surface area contributed by atoms with Crippen molar-refractivity contribution in [2.24, 2.45) is 0 Å². The minimum absolute atomic E-state index is 0.00736. The summed E-state index contributed by atoms with van der Waals surface area (Å²) in [6.45, 7) is 2.99. The summed E-state index contributed by atoms with van der Waals surface area (Å²) in [5, 5.41) is 2.88. The van der Waals surface area contributed by atoms with E-state index in [0.717, 1.165) is 16.0 Å². The minimum Gasteiger partial charge on any atom is -0.455 e. The predicted molar refractivity (Wildman–Crippen MR) is 108 cm³/mol. The van der Waals surface area contributed by atoms with Crippen molar-refractivity contribution in [3.63, 3.8) is 0 Å². The lowest BCUT2D eigenvalue weighted by Crippen LogP contribution is -2.37. The molecule has 0 heterocycles. The lowest BCUT2D eigenvalue weighted by atomic mass is 10.1. The van der Waals surface area contributed by atoms with E-state index in [1.54, 1.807) is 0 Å². The van der Waals surface area contributed by atoms with E-state index in [-0.39, 0.29) is 23.0 Å². The molecule has 2 amide bonds. The lowest BCUT2D eigenvalue weighted by molar-refractivity contribution is -0.151. The number of benzene rings is 2. The van der Waals surface area contributed by atoms with Crippen LogP contribution in [0.4, 0.5) is 10.1 Å². The van der Waals surface area contributed by atoms with Crippen LogP contribution in [0.1, 0.15) is 16.7 Å². The van der Waals surface area contributed by atoms with Gasteiger partial charge in [-0.05, 0) is 37.1 Å². The van der Waals surface area contributed by atoms with Crippen molar-refractivity contribution in [1.82, 2.24) is 4.90 Å². The normalized spacial score (nSPS) is 10.4. The zero-order chi connectivity index (χ0) is 21.6. The number of nitrogens with zero attached hydrogens (tertiary/aromatic N) is 1. The molecule has 0 unspecified atom stereocenters. The van der Waals surface area contributed by atoms with Crippen molar-refractivity contribution in [1.29, 1.82) is 0 Å². The second-order valence-corrected chi connectivity index (χ2v) is 7.01. The van der Waals surface area contributed by atoms with Crippen molar-refractivity contribution < 1.29 is 23.5 Å². The summed E-state index contributed by atoms with van der Waals surface area (Å²) in [6.07, 6.45) is -0.393. The highest BCUT2D eigenvalue weighted by atomic mass is 35.5. The number of carbonyl (C=O) groups excluding carboxylic acids is 3. The van der Waals surface area contributed by atoms with Gasteiger partial charge in [-0.2, -0.15) is 0 Å². The van der Waals surface area contributed by atoms with E-state index in [0.29, 0.717) is 5.69 Å². The maximum atomic E-state index is 13.7. The molecule has 0 aliphatic rings. The maximum absolute atomic E-state index is 13.7. The van der Waals surface area contributed by atoms with Gasteiger partial charge < -0.3 is 15.0 Å². The lowest BCUT2D eigenvalue weighted by Gasteiger charge is -2.18. The van der Waals surface area contributed by atoms with Gasteiger partial charge in [0.05, 0.1) is 13.0 Å². The monoisotopic (exact) mass is 420 g/mol. The van der Waals surface area contributed by atoms with Crippen LogP contribution in [-0.4, -0.2) is 42.9 Å². The minimum atomic E-state index is -0.793. The quantitative estimate of drug-likeness (QED) is 0.697. The third-order valence-corrected chi connectivity index (χ3v) is 4.65. The summed E-state index contributed by atoms with van der Waals surface area (Å²) >= 11 is 5.87. The van der Waals surface area contributed by atoms with E-state index in [4.69, 9.17) is 16.3 Å². The number of halogens is 2. The van der Waals surface area contributed by atoms with Crippen molar-refractivity contribution in [2.45, 2.75) is 20.3 Å². The predicted octanol–water partition coefficient (Wildman–Crippen LogP) is 3.28. The second kappa shape index (κ2) is 10.0. The standard InChI is InChI=1S/C21H22ClFN2O4/c1-13-6-4-7-14(2)21(13)24-18(26)11-25(3)19(27)12-29-20(28)10-15-16(22)8-5-9-17(15)23/h4-9H,10-12H2,1-3H3,(H,24,26). The first-order valence-electron chi connectivity index (χ1n) is 8.87. The van der Waals surface area contributed by atoms with Crippen molar-refractivity contribution in [2.75, 3.05) is 25.5 Å². The molecule has 2 aromatic rings. The van der Waals surface area contributed by atoms with Crippen LogP contribution in [0.3, 0.4) is 0 Å². The van der Waals surface area contributed by atoms with E-state index in [9.17, 15) is 18.8 Å². The molecule has 154 valence electrons. The van der Waals surface area contributed by atoms with Crippen LogP contribution in [-0.2, 0) is 25.5 Å². The van der Waals surface area contributed by atoms with E-state index in [1.165, 1.54) is 25.2 Å². The third-order valence-electron chi connectivity index (χ3n) is 4.29. The summed E-state index contributed by atoms with van der Waals surface area (Å²) in [7, 11) is 1.42. The molecule has 2 aromatic carbocycles. The van der Waals surface area contributed by atoms with E-state index in [1.807, 2.05) is 32.0 Å². The SMILES string of the molecule is Cc1cccc(C)c1NC(=O)CN(C)C(=O)COC(=O)Cc1c(F)cccc1Cl. The van der Waals surface area contributed by atoms with Gasteiger partial charge >= 0.3 is 5.97 Å². The number of likely N-dealkylation sites (N-methyl/N-ethyl adjacent to an activating group) is 1. The number of nitrogens with one attached hydrogen (secondary N) is 1. The van der Waals surface area contributed by atoms with Crippen molar-refractivity contribution in [3.8, 4) is 0 Å². The highest BCUT2D eigenvalue weighted by molar-refractivity contribution is 6.31. The van der Waals surface area contributed by atoms with Crippen LogP contribution < -0.4 is 5.32 Å². The zero-order valence-electron chi connectivity index (χ0n) is 16.4. The van der Waals surface area contributed by atoms with Crippen molar-refractivity contribution >= 4 is 35.1 Å². The van der Waals surface area contributed by atoms with E-state index < -0.39 is 30.7 Å². The molecule has 2 rings (SSSR count). The molecule has 6 nitrogen and oxygen atoms in total. The Morgan fingerprint density at radius 2 is 1.72 bits per heavy atom. The first kappa shape index (κ1) is 22.4. The van der Waals surface area contributed by atoms with E-state index >= 15 is 0 Å². The molecule has 0 atom stereocenters. The average Bonchev–Trinajstić information content (AvgIpc) is 2.66. The molecular formula is C21H22ClFN2O4. The first-order chi connectivity index (χ1) is 13.7. The fourth-order valence-corrected chi connectivity index (χ4v) is 2.87. The number of hydrogen-bond donors (Lipinski definition) is 1. The fourth-order valence-electron chi connectivity index (χ4n) is 2.64. The first-order valence-corrected chi connectivity index (χ1v) is 9.25. The second-order valence-electron chi connectivity index (χ2n) is 6.60. The van der Waals surface area contributed by atoms with Gasteiger partial charge in [-0.1, -0.05) is 35.9 Å². The Balaban J connectivity index is 1.84. The molecular weight excluding hydrogens is 399 g/mol. The van der Waals surface area contributed by atoms with Gasteiger partial charge in [0.1, 0.15) is 5.82 Å². The molecule has 8 heteroatoms. The van der Waals surface area contributed by atoms with Gasteiger partial charge in [0.15, 0.2) is 6.61 Å². The number of hydrogen-bond acceptors (Lipinski definition) is 4. The number of aryl methyl sites for hydroxylation is 2. The van der Waals surface area contributed by atoms with Crippen LogP contribution in [0, 0.1) is 19.7 Å². The molecule has 29 heavy (non-hydrogen) atoms. The van der Waals surface area contributed by atoms with Gasteiger partial charge in [0.25, 0.3) is 5.91 Å². The Bertz CT molecular complexity index is 892. The van der Waals surface area contributed by atoms with Gasteiger partial charge in [-0.3, -0.25) is 14.4 Å². The smallest absolute Gasteiger partial charge is 0.310 e. The number of ether oxygens (including phenoxy) is 1. The molecule has 0 aliphatic heterocycles. The molecule has 1 N–H and O–H groups in total. The fraction of sp³-hybridized carbons (Fsp3) is 0.286. The number of rotatable bonds is 7. The number of anilines is 1. The molecule has 0 saturated heterocycles. The molecule has 0 spiro atoms. The molecule has 0 aliphatic carbocycles. The van der Waals surface area contributed by atoms with Gasteiger partial charge in [-0.25, -0.2) is 4.39 Å². The van der Waals surface area contributed by atoms with Crippen LogP contribution >= 0.6 is 11.6 Å².